The van der Waals surface area contributed by atoms with E-state index in [1.165, 1.54) is 12.1 Å². The number of likely N-dealkylation sites (N-methyl/N-ethyl adjacent to an activating group) is 1. The van der Waals surface area contributed by atoms with Crippen LogP contribution in [0.15, 0.2) is 30.5 Å². The van der Waals surface area contributed by atoms with Crippen LogP contribution in [0.25, 0.3) is 11.3 Å². The molecular weight excluding hydrogens is 217 g/mol. The van der Waals surface area contributed by atoms with E-state index in [0.717, 1.165) is 30.0 Å². The fourth-order valence-electron chi connectivity index (χ4n) is 1.81. The molecule has 90 valence electrons. The van der Waals surface area contributed by atoms with Gasteiger partial charge in [-0.2, -0.15) is 0 Å². The van der Waals surface area contributed by atoms with E-state index < -0.39 is 0 Å². The van der Waals surface area contributed by atoms with Crippen LogP contribution < -0.4 is 5.32 Å². The first kappa shape index (κ1) is 11.8. The summed E-state index contributed by atoms with van der Waals surface area (Å²) in [6.45, 7) is 0.897. The van der Waals surface area contributed by atoms with Crippen molar-refractivity contribution in [3.63, 3.8) is 0 Å². The van der Waals surface area contributed by atoms with Crippen molar-refractivity contribution in [1.29, 1.82) is 0 Å². The van der Waals surface area contributed by atoms with Crippen molar-refractivity contribution in [2.45, 2.75) is 6.42 Å². The smallest absolute Gasteiger partial charge is 0.123 e. The van der Waals surface area contributed by atoms with Gasteiger partial charge >= 0.3 is 0 Å². The summed E-state index contributed by atoms with van der Waals surface area (Å²) in [6, 6.07) is 6.48. The van der Waals surface area contributed by atoms with Crippen LogP contribution in [0.2, 0.25) is 0 Å². The second kappa shape index (κ2) is 5.10. The van der Waals surface area contributed by atoms with Crippen molar-refractivity contribution < 1.29 is 4.39 Å². The molecule has 1 aromatic carbocycles. The molecule has 2 rings (SSSR count). The Hall–Kier alpha value is -1.68. The molecule has 0 saturated carbocycles. The third-order valence-corrected chi connectivity index (χ3v) is 2.82. The first-order valence-electron chi connectivity index (χ1n) is 5.63. The fourth-order valence-corrected chi connectivity index (χ4v) is 1.81. The average molecular weight is 233 g/mol. The van der Waals surface area contributed by atoms with Crippen LogP contribution in [-0.2, 0) is 13.5 Å². The zero-order valence-electron chi connectivity index (χ0n) is 10.1. The Balaban J connectivity index is 2.27. The van der Waals surface area contributed by atoms with Crippen molar-refractivity contribution in [3.05, 3.63) is 42.1 Å². The number of imidazole rings is 1. The molecule has 0 aliphatic rings. The molecule has 0 unspecified atom stereocenters. The molecular formula is C13H16FN3. The Labute approximate surface area is 100 Å². The van der Waals surface area contributed by atoms with Gasteiger partial charge in [-0.15, -0.1) is 0 Å². The van der Waals surface area contributed by atoms with Gasteiger partial charge in [0.2, 0.25) is 0 Å². The molecule has 1 aromatic heterocycles. The summed E-state index contributed by atoms with van der Waals surface area (Å²) in [5, 5.41) is 3.10. The van der Waals surface area contributed by atoms with Crippen molar-refractivity contribution in [2.24, 2.45) is 7.05 Å². The Bertz CT molecular complexity index is 488. The minimum Gasteiger partial charge on any atom is -0.331 e. The third-order valence-electron chi connectivity index (χ3n) is 2.82. The van der Waals surface area contributed by atoms with Crippen LogP contribution in [0.5, 0.6) is 0 Å². The summed E-state index contributed by atoms with van der Waals surface area (Å²) in [5.41, 5.74) is 1.99. The Morgan fingerprint density at radius 3 is 2.65 bits per heavy atom. The predicted octanol–water partition coefficient (Wildman–Crippen LogP) is 1.99. The minimum absolute atomic E-state index is 0.216. The van der Waals surface area contributed by atoms with Crippen molar-refractivity contribution in [3.8, 4) is 11.3 Å². The molecule has 3 nitrogen and oxygen atoms in total. The standard InChI is InChI=1S/C13H16FN3/c1-15-8-7-13-16-9-12(17(13)2)10-3-5-11(14)6-4-10/h3-6,9,15H,7-8H2,1-2H3. The van der Waals surface area contributed by atoms with E-state index in [2.05, 4.69) is 10.3 Å². The Morgan fingerprint density at radius 2 is 2.00 bits per heavy atom. The van der Waals surface area contributed by atoms with Gasteiger partial charge in [-0.3, -0.25) is 0 Å². The fraction of sp³-hybridized carbons (Fsp3) is 0.308. The molecule has 0 aliphatic carbocycles. The highest BCUT2D eigenvalue weighted by atomic mass is 19.1. The molecule has 0 bridgehead atoms. The number of benzene rings is 1. The lowest BCUT2D eigenvalue weighted by molar-refractivity contribution is 0.628. The SMILES string of the molecule is CNCCc1ncc(-c2ccc(F)cc2)n1C. The zero-order chi connectivity index (χ0) is 12.3. The summed E-state index contributed by atoms with van der Waals surface area (Å²) >= 11 is 0. The minimum atomic E-state index is -0.216. The average Bonchev–Trinajstić information content (AvgIpc) is 2.69. The van der Waals surface area contributed by atoms with Gasteiger partial charge in [0.1, 0.15) is 11.6 Å². The first-order chi connectivity index (χ1) is 8.22. The van der Waals surface area contributed by atoms with E-state index in [4.69, 9.17) is 0 Å². The highest BCUT2D eigenvalue weighted by Crippen LogP contribution is 2.20. The number of halogens is 1. The number of nitrogens with zero attached hydrogens (tertiary/aromatic N) is 2. The Kier molecular flexibility index (Phi) is 3.54. The lowest BCUT2D eigenvalue weighted by Crippen LogP contribution is -2.13. The van der Waals surface area contributed by atoms with Crippen LogP contribution >= 0.6 is 0 Å². The first-order valence-corrected chi connectivity index (χ1v) is 5.63. The topological polar surface area (TPSA) is 29.9 Å². The van der Waals surface area contributed by atoms with Gasteiger partial charge < -0.3 is 9.88 Å². The third kappa shape index (κ3) is 2.53. The van der Waals surface area contributed by atoms with Crippen LogP contribution in [-0.4, -0.2) is 23.1 Å². The van der Waals surface area contributed by atoms with E-state index in [9.17, 15) is 4.39 Å². The molecule has 0 saturated heterocycles. The molecule has 2 aromatic rings. The van der Waals surface area contributed by atoms with Gasteiger partial charge in [0.05, 0.1) is 11.9 Å². The predicted molar refractivity (Wildman–Crippen MR) is 66.2 cm³/mol. The highest BCUT2D eigenvalue weighted by Gasteiger charge is 2.07. The number of nitrogens with one attached hydrogen (secondary N) is 1. The van der Waals surface area contributed by atoms with E-state index in [0.29, 0.717) is 0 Å². The van der Waals surface area contributed by atoms with E-state index >= 15 is 0 Å². The summed E-state index contributed by atoms with van der Waals surface area (Å²) < 4.78 is 14.9. The molecule has 0 spiro atoms. The van der Waals surface area contributed by atoms with Crippen LogP contribution in [0.1, 0.15) is 5.82 Å². The van der Waals surface area contributed by atoms with Crippen molar-refractivity contribution >= 4 is 0 Å². The maximum Gasteiger partial charge on any atom is 0.123 e. The maximum absolute atomic E-state index is 12.8. The van der Waals surface area contributed by atoms with Gasteiger partial charge in [-0.05, 0) is 36.9 Å². The molecule has 1 N–H and O–H groups in total. The zero-order valence-corrected chi connectivity index (χ0v) is 10.1. The summed E-state index contributed by atoms with van der Waals surface area (Å²) in [5.74, 6) is 0.810. The Morgan fingerprint density at radius 1 is 1.29 bits per heavy atom. The quantitative estimate of drug-likeness (QED) is 0.875. The molecule has 0 aliphatic heterocycles. The summed E-state index contributed by atoms with van der Waals surface area (Å²) in [7, 11) is 3.90. The molecule has 0 radical (unpaired) electrons. The molecule has 17 heavy (non-hydrogen) atoms. The van der Waals surface area contributed by atoms with Gasteiger partial charge in [-0.1, -0.05) is 0 Å². The van der Waals surface area contributed by atoms with Gasteiger partial charge in [0, 0.05) is 20.0 Å². The van der Waals surface area contributed by atoms with Gasteiger partial charge in [0.25, 0.3) is 0 Å². The number of hydrogen-bond acceptors (Lipinski definition) is 2. The number of hydrogen-bond donors (Lipinski definition) is 1. The van der Waals surface area contributed by atoms with Crippen LogP contribution in [0.4, 0.5) is 4.39 Å². The van der Waals surface area contributed by atoms with Crippen LogP contribution in [0.3, 0.4) is 0 Å². The molecule has 0 amide bonds. The lowest BCUT2D eigenvalue weighted by atomic mass is 10.1. The molecule has 1 heterocycles. The number of rotatable bonds is 4. The second-order valence-corrected chi connectivity index (χ2v) is 3.98. The maximum atomic E-state index is 12.8. The summed E-state index contributed by atoms with van der Waals surface area (Å²) in [6.07, 6.45) is 2.71. The number of aromatic nitrogens is 2. The second-order valence-electron chi connectivity index (χ2n) is 3.98. The molecule has 0 atom stereocenters. The van der Waals surface area contributed by atoms with Crippen LogP contribution in [0, 0.1) is 5.82 Å². The highest BCUT2D eigenvalue weighted by molar-refractivity contribution is 5.59. The molecule has 4 heteroatoms. The van der Waals surface area contributed by atoms with E-state index in [1.807, 2.05) is 24.9 Å². The van der Waals surface area contributed by atoms with E-state index in [-0.39, 0.29) is 5.82 Å². The normalized spacial score (nSPS) is 10.8. The van der Waals surface area contributed by atoms with Gasteiger partial charge in [0.15, 0.2) is 0 Å². The monoisotopic (exact) mass is 233 g/mol. The van der Waals surface area contributed by atoms with E-state index in [1.54, 1.807) is 12.1 Å². The van der Waals surface area contributed by atoms with Crippen molar-refractivity contribution in [1.82, 2.24) is 14.9 Å². The largest absolute Gasteiger partial charge is 0.331 e. The molecule has 0 fully saturated rings. The van der Waals surface area contributed by atoms with Crippen molar-refractivity contribution in [2.75, 3.05) is 13.6 Å². The summed E-state index contributed by atoms with van der Waals surface area (Å²) in [4.78, 5) is 4.38. The van der Waals surface area contributed by atoms with Gasteiger partial charge in [-0.25, -0.2) is 9.37 Å². The lowest BCUT2D eigenvalue weighted by Gasteiger charge is -2.06.